The lowest BCUT2D eigenvalue weighted by atomic mass is 10.1. The van der Waals surface area contributed by atoms with Gasteiger partial charge in [-0.05, 0) is 49.2 Å². The molecule has 1 amide bonds. The van der Waals surface area contributed by atoms with E-state index in [1.807, 2.05) is 44.2 Å². The van der Waals surface area contributed by atoms with E-state index in [0.29, 0.717) is 30.3 Å². The van der Waals surface area contributed by atoms with Gasteiger partial charge in [0.25, 0.3) is 5.91 Å². The maximum Gasteiger partial charge on any atom is 0.271 e. The molecule has 0 aliphatic rings. The Morgan fingerprint density at radius 1 is 1.20 bits per heavy atom. The van der Waals surface area contributed by atoms with Crippen molar-refractivity contribution in [3.05, 3.63) is 71.8 Å². The maximum absolute atomic E-state index is 12.1. The molecule has 0 aliphatic heterocycles. The second-order valence-corrected chi connectivity index (χ2v) is 5.25. The van der Waals surface area contributed by atoms with E-state index >= 15 is 0 Å². The molecule has 1 N–H and O–H groups in total. The monoisotopic (exact) mass is 338 g/mol. The standard InChI is InChI=1S/C20H22N2O3/c1-4-12-25-18-11-10-16(13-19(18)24-5-2)14-21-22-20(23)17-9-7-6-8-15(17)3/h4,6-11,13-14H,1,5,12H2,2-3H3,(H,22,23)/b21-14+. The normalized spacial score (nSPS) is 10.5. The zero-order chi connectivity index (χ0) is 18.1. The first-order chi connectivity index (χ1) is 12.2. The number of hydrogen-bond acceptors (Lipinski definition) is 4. The van der Waals surface area contributed by atoms with Crippen LogP contribution < -0.4 is 14.9 Å². The molecule has 0 aromatic heterocycles. The van der Waals surface area contributed by atoms with Gasteiger partial charge in [-0.2, -0.15) is 5.10 Å². The summed E-state index contributed by atoms with van der Waals surface area (Å²) in [4.78, 5) is 12.1. The average Bonchev–Trinajstić information content (AvgIpc) is 2.61. The predicted molar refractivity (Wildman–Crippen MR) is 99.5 cm³/mol. The minimum absolute atomic E-state index is 0.245. The van der Waals surface area contributed by atoms with Gasteiger partial charge in [0.15, 0.2) is 11.5 Å². The summed E-state index contributed by atoms with van der Waals surface area (Å²) in [7, 11) is 0. The van der Waals surface area contributed by atoms with Crippen LogP contribution in [0.5, 0.6) is 11.5 Å². The first-order valence-corrected chi connectivity index (χ1v) is 8.05. The van der Waals surface area contributed by atoms with Gasteiger partial charge in [-0.3, -0.25) is 4.79 Å². The number of hydrazone groups is 1. The Bertz CT molecular complexity index is 769. The summed E-state index contributed by atoms with van der Waals surface area (Å²) in [5.74, 6) is 1.02. The van der Waals surface area contributed by atoms with E-state index in [1.54, 1.807) is 24.4 Å². The highest BCUT2D eigenvalue weighted by Gasteiger charge is 2.07. The Kier molecular flexibility index (Phi) is 6.77. The molecule has 5 nitrogen and oxygen atoms in total. The molecular weight excluding hydrogens is 316 g/mol. The summed E-state index contributed by atoms with van der Waals surface area (Å²) in [5, 5.41) is 4.02. The van der Waals surface area contributed by atoms with Crippen LogP contribution in [0.25, 0.3) is 0 Å². The van der Waals surface area contributed by atoms with E-state index in [2.05, 4.69) is 17.1 Å². The molecule has 0 saturated heterocycles. The van der Waals surface area contributed by atoms with Crippen LogP contribution in [0, 0.1) is 6.92 Å². The zero-order valence-corrected chi connectivity index (χ0v) is 14.5. The largest absolute Gasteiger partial charge is 0.490 e. The number of rotatable bonds is 8. The van der Waals surface area contributed by atoms with Gasteiger partial charge in [-0.15, -0.1) is 0 Å². The molecule has 0 saturated carbocycles. The van der Waals surface area contributed by atoms with Gasteiger partial charge >= 0.3 is 0 Å². The molecule has 0 bridgehead atoms. The van der Waals surface area contributed by atoms with Crippen molar-refractivity contribution in [2.75, 3.05) is 13.2 Å². The van der Waals surface area contributed by atoms with Gasteiger partial charge in [-0.1, -0.05) is 30.9 Å². The number of hydrogen-bond donors (Lipinski definition) is 1. The first kappa shape index (κ1) is 18.3. The highest BCUT2D eigenvalue weighted by atomic mass is 16.5. The van der Waals surface area contributed by atoms with Crippen LogP contribution in [0.15, 0.2) is 60.2 Å². The second kappa shape index (κ2) is 9.27. The molecule has 0 spiro atoms. The predicted octanol–water partition coefficient (Wildman–Crippen LogP) is 3.72. The summed E-state index contributed by atoms with van der Waals surface area (Å²) in [6, 6.07) is 12.8. The van der Waals surface area contributed by atoms with Crippen LogP contribution in [0.1, 0.15) is 28.4 Å². The molecule has 0 aliphatic carbocycles. The number of nitrogens with zero attached hydrogens (tertiary/aromatic N) is 1. The topological polar surface area (TPSA) is 59.9 Å². The average molecular weight is 338 g/mol. The summed E-state index contributed by atoms with van der Waals surface area (Å²) in [6.45, 7) is 8.34. The van der Waals surface area contributed by atoms with E-state index < -0.39 is 0 Å². The lowest BCUT2D eigenvalue weighted by molar-refractivity contribution is 0.0954. The summed E-state index contributed by atoms with van der Waals surface area (Å²) in [5.41, 5.74) is 4.83. The van der Waals surface area contributed by atoms with Crippen LogP contribution in [0.4, 0.5) is 0 Å². The third-order valence-electron chi connectivity index (χ3n) is 3.39. The van der Waals surface area contributed by atoms with Gasteiger partial charge in [-0.25, -0.2) is 5.43 Å². The Morgan fingerprint density at radius 2 is 2.00 bits per heavy atom. The molecule has 2 aromatic rings. The van der Waals surface area contributed by atoms with E-state index in [-0.39, 0.29) is 5.91 Å². The van der Waals surface area contributed by atoms with Crippen molar-refractivity contribution in [2.45, 2.75) is 13.8 Å². The number of amides is 1. The van der Waals surface area contributed by atoms with Gasteiger partial charge in [0.1, 0.15) is 6.61 Å². The number of carbonyl (C=O) groups excluding carboxylic acids is 1. The van der Waals surface area contributed by atoms with Crippen molar-refractivity contribution in [3.63, 3.8) is 0 Å². The number of ether oxygens (including phenoxy) is 2. The highest BCUT2D eigenvalue weighted by Crippen LogP contribution is 2.28. The quantitative estimate of drug-likeness (QED) is 0.453. The van der Waals surface area contributed by atoms with Gasteiger partial charge in [0.05, 0.1) is 12.8 Å². The first-order valence-electron chi connectivity index (χ1n) is 8.05. The van der Waals surface area contributed by atoms with Crippen LogP contribution >= 0.6 is 0 Å². The van der Waals surface area contributed by atoms with Crippen molar-refractivity contribution in [3.8, 4) is 11.5 Å². The molecule has 0 radical (unpaired) electrons. The van der Waals surface area contributed by atoms with Crippen LogP contribution in [0.2, 0.25) is 0 Å². The number of benzene rings is 2. The number of aryl methyl sites for hydroxylation is 1. The van der Waals surface area contributed by atoms with Gasteiger partial charge in [0.2, 0.25) is 0 Å². The van der Waals surface area contributed by atoms with E-state index in [1.165, 1.54) is 0 Å². The SMILES string of the molecule is C=CCOc1ccc(/C=N/NC(=O)c2ccccc2C)cc1OCC. The van der Waals surface area contributed by atoms with Crippen LogP contribution in [-0.4, -0.2) is 25.3 Å². The fourth-order valence-electron chi connectivity index (χ4n) is 2.19. The number of nitrogens with one attached hydrogen (secondary N) is 1. The minimum atomic E-state index is -0.245. The van der Waals surface area contributed by atoms with Crippen molar-refractivity contribution in [1.29, 1.82) is 0 Å². The molecule has 5 heteroatoms. The summed E-state index contributed by atoms with van der Waals surface area (Å²) in [6.07, 6.45) is 3.24. The molecule has 0 atom stereocenters. The summed E-state index contributed by atoms with van der Waals surface area (Å²) < 4.78 is 11.1. The van der Waals surface area contributed by atoms with Crippen molar-refractivity contribution in [1.82, 2.24) is 5.43 Å². The number of carbonyl (C=O) groups is 1. The molecular formula is C20H22N2O3. The zero-order valence-electron chi connectivity index (χ0n) is 14.5. The van der Waals surface area contributed by atoms with E-state index in [9.17, 15) is 4.79 Å². The third-order valence-corrected chi connectivity index (χ3v) is 3.39. The van der Waals surface area contributed by atoms with E-state index in [4.69, 9.17) is 9.47 Å². The Labute approximate surface area is 148 Å². The minimum Gasteiger partial charge on any atom is -0.490 e. The van der Waals surface area contributed by atoms with Crippen molar-refractivity contribution in [2.24, 2.45) is 5.10 Å². The van der Waals surface area contributed by atoms with Crippen molar-refractivity contribution >= 4 is 12.1 Å². The van der Waals surface area contributed by atoms with Gasteiger partial charge in [0, 0.05) is 5.56 Å². The molecule has 130 valence electrons. The molecule has 25 heavy (non-hydrogen) atoms. The molecule has 0 heterocycles. The Morgan fingerprint density at radius 3 is 2.72 bits per heavy atom. The molecule has 2 rings (SSSR count). The fraction of sp³-hybridized carbons (Fsp3) is 0.200. The van der Waals surface area contributed by atoms with Crippen LogP contribution in [-0.2, 0) is 0 Å². The lowest BCUT2D eigenvalue weighted by Crippen LogP contribution is -2.18. The fourth-order valence-corrected chi connectivity index (χ4v) is 2.19. The maximum atomic E-state index is 12.1. The second-order valence-electron chi connectivity index (χ2n) is 5.25. The molecule has 0 fully saturated rings. The lowest BCUT2D eigenvalue weighted by Gasteiger charge is -2.11. The van der Waals surface area contributed by atoms with Crippen molar-refractivity contribution < 1.29 is 14.3 Å². The summed E-state index contributed by atoms with van der Waals surface area (Å²) >= 11 is 0. The van der Waals surface area contributed by atoms with E-state index in [0.717, 1.165) is 11.1 Å². The Hall–Kier alpha value is -3.08. The Balaban J connectivity index is 2.07. The van der Waals surface area contributed by atoms with Gasteiger partial charge < -0.3 is 9.47 Å². The molecule has 2 aromatic carbocycles. The smallest absolute Gasteiger partial charge is 0.271 e. The third kappa shape index (κ3) is 5.21. The van der Waals surface area contributed by atoms with Crippen LogP contribution in [0.3, 0.4) is 0 Å². The molecule has 0 unspecified atom stereocenters. The highest BCUT2D eigenvalue weighted by molar-refractivity contribution is 5.96.